The zero-order valence-corrected chi connectivity index (χ0v) is 17.6. The molecule has 7 heteroatoms. The van der Waals surface area contributed by atoms with Crippen LogP contribution in [0.5, 0.6) is 5.88 Å². The van der Waals surface area contributed by atoms with Gasteiger partial charge in [0.25, 0.3) is 11.6 Å². The lowest BCUT2D eigenvalue weighted by molar-refractivity contribution is -0.577. The van der Waals surface area contributed by atoms with Crippen LogP contribution in [0.4, 0.5) is 5.69 Å². The fourth-order valence-corrected chi connectivity index (χ4v) is 3.73. The molecule has 0 fully saturated rings. The van der Waals surface area contributed by atoms with E-state index < -0.39 is 17.7 Å². The summed E-state index contributed by atoms with van der Waals surface area (Å²) in [6, 6.07) is 9.04. The first kappa shape index (κ1) is 19.6. The molecule has 0 unspecified atom stereocenters. The topological polar surface area (TPSA) is 82.1 Å². The van der Waals surface area contributed by atoms with E-state index in [0.717, 1.165) is 21.6 Å². The monoisotopic (exact) mass is 402 g/mol. The Labute approximate surface area is 174 Å². The number of hydrogen-bond donors (Lipinski definition) is 0. The van der Waals surface area contributed by atoms with Crippen molar-refractivity contribution >= 4 is 28.8 Å². The Hall–Kier alpha value is -3.74. The lowest BCUT2D eigenvalue weighted by atomic mass is 10.0. The Bertz CT molecular complexity index is 1250. The van der Waals surface area contributed by atoms with Gasteiger partial charge in [0, 0.05) is 24.2 Å². The van der Waals surface area contributed by atoms with Crippen molar-refractivity contribution in [2.45, 2.75) is 27.7 Å². The highest BCUT2D eigenvalue weighted by atomic mass is 16.3. The van der Waals surface area contributed by atoms with E-state index in [4.69, 9.17) is 0 Å². The summed E-state index contributed by atoms with van der Waals surface area (Å²) in [4.78, 5) is 28.2. The number of aromatic nitrogens is 3. The molecule has 0 atom stereocenters. The number of hydrogen-bond acceptors (Lipinski definition) is 4. The highest BCUT2D eigenvalue weighted by Crippen LogP contribution is 2.37. The van der Waals surface area contributed by atoms with Gasteiger partial charge < -0.3 is 5.11 Å². The molecule has 2 amide bonds. The van der Waals surface area contributed by atoms with Crippen LogP contribution in [0.2, 0.25) is 0 Å². The Kier molecular flexibility index (Phi) is 4.53. The smallest absolute Gasteiger partial charge is 0.331 e. The fourth-order valence-electron chi connectivity index (χ4n) is 3.73. The third-order valence-corrected chi connectivity index (χ3v) is 5.44. The molecule has 0 saturated carbocycles. The second-order valence-corrected chi connectivity index (χ2v) is 7.62. The van der Waals surface area contributed by atoms with Gasteiger partial charge >= 0.3 is 5.91 Å². The molecular weight excluding hydrogens is 380 g/mol. The van der Waals surface area contributed by atoms with Crippen molar-refractivity contribution < 1.29 is 19.3 Å². The standard InChI is InChI=1S/C23H22N4O3/c1-13-7-6-8-17(11-13)27-22(29)19(18-16(4)24-25(5)21(18)28)20(23(27)30)26-10-9-14(2)15(3)12-26/h6-12H,1-5H3. The minimum absolute atomic E-state index is 0.0744. The summed E-state index contributed by atoms with van der Waals surface area (Å²) in [5.41, 5.74) is 4.20. The molecule has 0 saturated heterocycles. The van der Waals surface area contributed by atoms with Crippen molar-refractivity contribution in [3.05, 3.63) is 70.7 Å². The van der Waals surface area contributed by atoms with E-state index in [1.165, 1.54) is 11.7 Å². The third-order valence-electron chi connectivity index (χ3n) is 5.44. The van der Waals surface area contributed by atoms with Gasteiger partial charge in [-0.25, -0.2) is 4.90 Å². The van der Waals surface area contributed by atoms with E-state index in [1.54, 1.807) is 42.1 Å². The van der Waals surface area contributed by atoms with Crippen LogP contribution < -0.4 is 14.6 Å². The molecule has 3 heterocycles. The van der Waals surface area contributed by atoms with E-state index in [1.807, 2.05) is 32.9 Å². The van der Waals surface area contributed by atoms with Crippen LogP contribution in [-0.2, 0) is 16.6 Å². The maximum Gasteiger partial charge on any atom is 0.331 e. The van der Waals surface area contributed by atoms with Crippen molar-refractivity contribution in [3.63, 3.8) is 0 Å². The summed E-state index contributed by atoms with van der Waals surface area (Å²) in [5.74, 6) is -1.41. The lowest BCUT2D eigenvalue weighted by Crippen LogP contribution is -2.40. The lowest BCUT2D eigenvalue weighted by Gasteiger charge is -2.15. The number of nitrogens with zero attached hydrogens (tertiary/aromatic N) is 4. The van der Waals surface area contributed by atoms with E-state index in [-0.39, 0.29) is 16.8 Å². The number of benzene rings is 1. The van der Waals surface area contributed by atoms with Gasteiger partial charge in [0.05, 0.1) is 11.4 Å². The predicted octanol–water partition coefficient (Wildman–Crippen LogP) is 1.96. The molecule has 0 aliphatic carbocycles. The Morgan fingerprint density at radius 2 is 1.73 bits per heavy atom. The molecule has 1 aliphatic rings. The molecule has 152 valence electrons. The van der Waals surface area contributed by atoms with E-state index in [0.29, 0.717) is 11.4 Å². The summed E-state index contributed by atoms with van der Waals surface area (Å²) >= 11 is 0. The van der Waals surface area contributed by atoms with Crippen molar-refractivity contribution in [2.75, 3.05) is 4.90 Å². The summed E-state index contributed by atoms with van der Waals surface area (Å²) in [6.45, 7) is 7.46. The van der Waals surface area contributed by atoms with Crippen LogP contribution in [-0.4, -0.2) is 21.6 Å². The maximum atomic E-state index is 13.5. The van der Waals surface area contributed by atoms with E-state index in [2.05, 4.69) is 5.10 Å². The first-order valence-corrected chi connectivity index (χ1v) is 9.60. The van der Waals surface area contributed by atoms with Gasteiger partial charge in [-0.15, -0.1) is 0 Å². The molecular formula is C23H22N4O3. The summed E-state index contributed by atoms with van der Waals surface area (Å²) in [6.07, 6.45) is 3.53. The predicted molar refractivity (Wildman–Crippen MR) is 110 cm³/mol. The molecule has 2 aromatic heterocycles. The van der Waals surface area contributed by atoms with Gasteiger partial charge in [0.1, 0.15) is 5.57 Å². The first-order valence-electron chi connectivity index (χ1n) is 9.60. The molecule has 1 aromatic carbocycles. The largest absolute Gasteiger partial charge is 0.858 e. The molecule has 0 bridgehead atoms. The zero-order chi connectivity index (χ0) is 21.7. The molecule has 0 spiro atoms. The second kappa shape index (κ2) is 6.95. The van der Waals surface area contributed by atoms with Gasteiger partial charge in [-0.2, -0.15) is 9.67 Å². The summed E-state index contributed by atoms with van der Waals surface area (Å²) in [7, 11) is 1.53. The van der Waals surface area contributed by atoms with Crippen LogP contribution in [0.25, 0.3) is 11.3 Å². The molecule has 1 aliphatic heterocycles. The molecule has 7 nitrogen and oxygen atoms in total. The number of aryl methyl sites for hydroxylation is 5. The number of carbonyl (C=O) groups is 2. The summed E-state index contributed by atoms with van der Waals surface area (Å²) in [5, 5.41) is 17.0. The van der Waals surface area contributed by atoms with Gasteiger partial charge in [0.15, 0.2) is 12.4 Å². The van der Waals surface area contributed by atoms with E-state index in [9.17, 15) is 14.7 Å². The number of rotatable bonds is 3. The normalized spacial score (nSPS) is 14.2. The second-order valence-electron chi connectivity index (χ2n) is 7.62. The van der Waals surface area contributed by atoms with Crippen molar-refractivity contribution in [2.24, 2.45) is 7.05 Å². The van der Waals surface area contributed by atoms with Crippen LogP contribution in [0.1, 0.15) is 27.9 Å². The van der Waals surface area contributed by atoms with Crippen LogP contribution in [0.3, 0.4) is 0 Å². The zero-order valence-electron chi connectivity index (χ0n) is 17.6. The van der Waals surface area contributed by atoms with Crippen LogP contribution >= 0.6 is 0 Å². The minimum Gasteiger partial charge on any atom is -0.858 e. The van der Waals surface area contributed by atoms with Gasteiger partial charge in [-0.05, 0) is 56.8 Å². The van der Waals surface area contributed by atoms with Crippen LogP contribution in [0, 0.1) is 27.7 Å². The van der Waals surface area contributed by atoms with Gasteiger partial charge in [0.2, 0.25) is 0 Å². The average molecular weight is 402 g/mol. The Balaban J connectivity index is 2.00. The molecule has 0 radical (unpaired) electrons. The van der Waals surface area contributed by atoms with Crippen molar-refractivity contribution in [3.8, 4) is 5.88 Å². The van der Waals surface area contributed by atoms with E-state index >= 15 is 0 Å². The van der Waals surface area contributed by atoms with Crippen molar-refractivity contribution in [1.82, 2.24) is 9.78 Å². The first-order chi connectivity index (χ1) is 14.2. The Morgan fingerprint density at radius 3 is 2.33 bits per heavy atom. The van der Waals surface area contributed by atoms with Crippen LogP contribution in [0.15, 0.2) is 42.7 Å². The number of amides is 2. The quantitative estimate of drug-likeness (QED) is 0.495. The van der Waals surface area contributed by atoms with Gasteiger partial charge in [-0.3, -0.25) is 14.3 Å². The third kappa shape index (κ3) is 2.90. The fraction of sp³-hybridized carbons (Fsp3) is 0.217. The number of imide groups is 1. The molecule has 4 rings (SSSR count). The number of anilines is 1. The molecule has 3 aromatic rings. The number of pyridine rings is 1. The minimum atomic E-state index is -0.528. The number of carbonyl (C=O) groups excluding carboxylic acids is 2. The SMILES string of the molecule is Cc1cccc(N2C(=O)C(c3c(C)nn(C)c3[O-])=C([n+]3ccc(C)c(C)c3)C2=O)c1. The highest BCUT2D eigenvalue weighted by Gasteiger charge is 2.47. The Morgan fingerprint density at radius 1 is 1.00 bits per heavy atom. The maximum absolute atomic E-state index is 13.5. The highest BCUT2D eigenvalue weighted by molar-refractivity contribution is 6.53. The van der Waals surface area contributed by atoms with Crippen molar-refractivity contribution in [1.29, 1.82) is 0 Å². The van der Waals surface area contributed by atoms with Gasteiger partial charge in [-0.1, -0.05) is 12.1 Å². The summed E-state index contributed by atoms with van der Waals surface area (Å²) < 4.78 is 2.81. The molecule has 0 N–H and O–H groups in total. The average Bonchev–Trinajstić information content (AvgIpc) is 3.08. The molecule has 30 heavy (non-hydrogen) atoms.